The summed E-state index contributed by atoms with van der Waals surface area (Å²) in [6.07, 6.45) is 2.91. The molecular weight excluding hydrogens is 550 g/mol. The SMILES string of the molecule is COc1cc2c(cc1OC)CN(CCc1ccc(NC(=O)c3ccc(-c4ccccc4)cc3NS(C)(=O)=O)cc1)CC2. The van der Waals surface area contributed by atoms with Crippen LogP contribution in [0.4, 0.5) is 11.4 Å². The molecule has 1 aliphatic rings. The Hall–Kier alpha value is -4.34. The minimum atomic E-state index is -3.60. The van der Waals surface area contributed by atoms with Gasteiger partial charge in [-0.15, -0.1) is 0 Å². The molecule has 42 heavy (non-hydrogen) atoms. The maximum atomic E-state index is 13.2. The summed E-state index contributed by atoms with van der Waals surface area (Å²) in [7, 11) is -0.279. The van der Waals surface area contributed by atoms with Gasteiger partial charge >= 0.3 is 0 Å². The van der Waals surface area contributed by atoms with Crippen LogP contribution in [0, 0.1) is 0 Å². The topological polar surface area (TPSA) is 97.0 Å². The van der Waals surface area contributed by atoms with Gasteiger partial charge in [0.05, 0.1) is 31.7 Å². The summed E-state index contributed by atoms with van der Waals surface area (Å²) in [4.78, 5) is 15.6. The van der Waals surface area contributed by atoms with Crippen LogP contribution in [0.25, 0.3) is 11.1 Å². The Morgan fingerprint density at radius 3 is 2.21 bits per heavy atom. The molecule has 218 valence electrons. The van der Waals surface area contributed by atoms with Crippen molar-refractivity contribution < 1.29 is 22.7 Å². The van der Waals surface area contributed by atoms with Crippen LogP contribution < -0.4 is 19.5 Å². The Balaban J connectivity index is 1.23. The third-order valence-electron chi connectivity index (χ3n) is 7.39. The van der Waals surface area contributed by atoms with E-state index in [1.807, 2.05) is 60.7 Å². The molecule has 0 atom stereocenters. The number of nitrogens with zero attached hydrogens (tertiary/aromatic N) is 1. The molecular formula is C33H35N3O5S. The Morgan fingerprint density at radius 1 is 0.857 bits per heavy atom. The fourth-order valence-electron chi connectivity index (χ4n) is 5.21. The van der Waals surface area contributed by atoms with Crippen LogP contribution in [0.2, 0.25) is 0 Å². The second kappa shape index (κ2) is 12.7. The van der Waals surface area contributed by atoms with E-state index in [1.54, 1.807) is 26.4 Å². The molecule has 0 unspecified atom stereocenters. The number of hydrogen-bond donors (Lipinski definition) is 2. The quantitative estimate of drug-likeness (QED) is 0.252. The number of nitrogens with one attached hydrogen (secondary N) is 2. The van der Waals surface area contributed by atoms with Crippen molar-refractivity contribution in [2.75, 3.05) is 43.6 Å². The summed E-state index contributed by atoms with van der Waals surface area (Å²) < 4.78 is 37.5. The summed E-state index contributed by atoms with van der Waals surface area (Å²) in [5.41, 5.74) is 6.55. The highest BCUT2D eigenvalue weighted by molar-refractivity contribution is 7.92. The number of ether oxygens (including phenoxy) is 2. The number of carbonyl (C=O) groups is 1. The van der Waals surface area contributed by atoms with Crippen LogP contribution >= 0.6 is 0 Å². The molecule has 2 N–H and O–H groups in total. The predicted molar refractivity (Wildman–Crippen MR) is 167 cm³/mol. The summed E-state index contributed by atoms with van der Waals surface area (Å²) in [5.74, 6) is 1.12. The number of fused-ring (bicyclic) bond motifs is 1. The van der Waals surface area contributed by atoms with Crippen LogP contribution in [0.5, 0.6) is 11.5 Å². The minimum absolute atomic E-state index is 0.229. The van der Waals surface area contributed by atoms with Gasteiger partial charge in [-0.05, 0) is 77.1 Å². The number of amides is 1. The third kappa shape index (κ3) is 7.10. The van der Waals surface area contributed by atoms with Gasteiger partial charge in [0.15, 0.2) is 11.5 Å². The molecule has 0 fully saturated rings. The van der Waals surface area contributed by atoms with Gasteiger partial charge in [0.2, 0.25) is 10.0 Å². The number of hydrogen-bond acceptors (Lipinski definition) is 6. The second-order valence-corrected chi connectivity index (χ2v) is 12.2. The van der Waals surface area contributed by atoms with E-state index in [0.717, 1.165) is 66.9 Å². The lowest BCUT2D eigenvalue weighted by Crippen LogP contribution is -2.32. The molecule has 0 aromatic heterocycles. The summed E-state index contributed by atoms with van der Waals surface area (Å²) >= 11 is 0. The molecule has 0 aliphatic carbocycles. The first kappa shape index (κ1) is 29.2. The van der Waals surface area contributed by atoms with E-state index in [9.17, 15) is 13.2 Å². The van der Waals surface area contributed by atoms with Crippen molar-refractivity contribution in [1.82, 2.24) is 4.90 Å². The molecule has 0 bridgehead atoms. The molecule has 0 spiro atoms. The van der Waals surface area contributed by atoms with Crippen LogP contribution in [-0.2, 0) is 29.4 Å². The number of anilines is 2. The number of sulfonamides is 1. The van der Waals surface area contributed by atoms with E-state index >= 15 is 0 Å². The molecule has 0 saturated heterocycles. The van der Waals surface area contributed by atoms with E-state index < -0.39 is 15.9 Å². The van der Waals surface area contributed by atoms with Crippen LogP contribution in [0.1, 0.15) is 27.0 Å². The summed E-state index contributed by atoms with van der Waals surface area (Å²) in [6, 6.07) is 26.6. The molecule has 0 radical (unpaired) electrons. The normalized spacial score (nSPS) is 13.2. The van der Waals surface area contributed by atoms with Crippen molar-refractivity contribution in [3.05, 3.63) is 107 Å². The Bertz CT molecular complexity index is 1670. The molecule has 4 aromatic rings. The summed E-state index contributed by atoms with van der Waals surface area (Å²) in [5, 5.41) is 2.90. The van der Waals surface area contributed by atoms with Crippen LogP contribution in [0.15, 0.2) is 84.9 Å². The smallest absolute Gasteiger partial charge is 0.257 e. The lowest BCUT2D eigenvalue weighted by molar-refractivity contribution is 0.102. The Morgan fingerprint density at radius 2 is 1.55 bits per heavy atom. The first-order valence-corrected chi connectivity index (χ1v) is 15.7. The van der Waals surface area contributed by atoms with Gasteiger partial charge < -0.3 is 14.8 Å². The minimum Gasteiger partial charge on any atom is -0.493 e. The maximum Gasteiger partial charge on any atom is 0.257 e. The number of benzene rings is 4. The van der Waals surface area contributed by atoms with Crippen molar-refractivity contribution in [3.63, 3.8) is 0 Å². The zero-order valence-corrected chi connectivity index (χ0v) is 24.8. The number of rotatable bonds is 10. The van der Waals surface area contributed by atoms with Crippen molar-refractivity contribution in [3.8, 4) is 22.6 Å². The zero-order valence-electron chi connectivity index (χ0n) is 24.0. The highest BCUT2D eigenvalue weighted by Gasteiger charge is 2.20. The first-order valence-electron chi connectivity index (χ1n) is 13.8. The standard InChI is InChI=1S/C33H35N3O5S/c1-40-31-20-26-16-18-36(22-27(26)21-32(31)41-2)17-15-23-9-12-28(13-10-23)34-33(37)29-14-11-25(24-7-5-4-6-8-24)19-30(29)35-42(3,38)39/h4-14,19-21,35H,15-18,22H2,1-3H3,(H,34,37). The Labute approximate surface area is 247 Å². The molecule has 1 aliphatic heterocycles. The highest BCUT2D eigenvalue weighted by Crippen LogP contribution is 2.33. The molecule has 5 rings (SSSR count). The van der Waals surface area contributed by atoms with E-state index in [2.05, 4.69) is 27.1 Å². The lowest BCUT2D eigenvalue weighted by Gasteiger charge is -2.29. The van der Waals surface area contributed by atoms with Gasteiger partial charge in [-0.25, -0.2) is 8.42 Å². The average molecular weight is 586 g/mol. The van der Waals surface area contributed by atoms with Crippen molar-refractivity contribution in [2.24, 2.45) is 0 Å². The molecule has 1 amide bonds. The van der Waals surface area contributed by atoms with Crippen molar-refractivity contribution in [2.45, 2.75) is 19.4 Å². The van der Waals surface area contributed by atoms with Crippen LogP contribution in [0.3, 0.4) is 0 Å². The van der Waals surface area contributed by atoms with E-state index in [-0.39, 0.29) is 11.3 Å². The van der Waals surface area contributed by atoms with Crippen molar-refractivity contribution >= 4 is 27.3 Å². The fraction of sp³-hybridized carbons (Fsp3) is 0.242. The zero-order chi connectivity index (χ0) is 29.7. The third-order valence-corrected chi connectivity index (χ3v) is 7.98. The van der Waals surface area contributed by atoms with Gasteiger partial charge in [-0.1, -0.05) is 48.5 Å². The molecule has 0 saturated carbocycles. The number of methoxy groups -OCH3 is 2. The maximum absolute atomic E-state index is 13.2. The highest BCUT2D eigenvalue weighted by atomic mass is 32.2. The van der Waals surface area contributed by atoms with E-state index in [4.69, 9.17) is 9.47 Å². The molecule has 9 heteroatoms. The van der Waals surface area contributed by atoms with E-state index in [1.165, 1.54) is 11.1 Å². The molecule has 8 nitrogen and oxygen atoms in total. The largest absolute Gasteiger partial charge is 0.493 e. The predicted octanol–water partition coefficient (Wildman–Crippen LogP) is 5.60. The fourth-order valence-corrected chi connectivity index (χ4v) is 5.78. The molecule has 1 heterocycles. The first-order chi connectivity index (χ1) is 20.2. The molecule has 4 aromatic carbocycles. The van der Waals surface area contributed by atoms with E-state index in [0.29, 0.717) is 5.69 Å². The van der Waals surface area contributed by atoms with Crippen LogP contribution in [-0.4, -0.2) is 52.8 Å². The van der Waals surface area contributed by atoms with Gasteiger partial charge in [-0.3, -0.25) is 14.4 Å². The van der Waals surface area contributed by atoms with Gasteiger partial charge in [0.1, 0.15) is 0 Å². The number of carbonyl (C=O) groups excluding carboxylic acids is 1. The second-order valence-electron chi connectivity index (χ2n) is 10.4. The van der Waals surface area contributed by atoms with Gasteiger partial charge in [-0.2, -0.15) is 0 Å². The van der Waals surface area contributed by atoms with Gasteiger partial charge in [0.25, 0.3) is 5.91 Å². The Kier molecular flexibility index (Phi) is 8.80. The lowest BCUT2D eigenvalue weighted by atomic mass is 9.98. The summed E-state index contributed by atoms with van der Waals surface area (Å²) in [6.45, 7) is 2.74. The average Bonchev–Trinajstić information content (AvgIpc) is 2.99. The van der Waals surface area contributed by atoms with Gasteiger partial charge in [0, 0.05) is 25.3 Å². The monoisotopic (exact) mass is 585 g/mol. The van der Waals surface area contributed by atoms with Crippen molar-refractivity contribution in [1.29, 1.82) is 0 Å².